The summed E-state index contributed by atoms with van der Waals surface area (Å²) in [5.41, 5.74) is 2.20. The smallest absolute Gasteiger partial charge is 0.124 e. The molecule has 19 heavy (non-hydrogen) atoms. The van der Waals surface area contributed by atoms with E-state index < -0.39 is 0 Å². The number of hydrogen-bond donors (Lipinski definition) is 0. The highest BCUT2D eigenvalue weighted by atomic mass is 79.9. The van der Waals surface area contributed by atoms with E-state index in [1.165, 1.54) is 11.6 Å². The van der Waals surface area contributed by atoms with Crippen LogP contribution in [0.25, 0.3) is 0 Å². The molecule has 0 atom stereocenters. The molecule has 0 saturated heterocycles. The summed E-state index contributed by atoms with van der Waals surface area (Å²) in [7, 11) is 2.03. The van der Waals surface area contributed by atoms with E-state index >= 15 is 0 Å². The normalized spacial score (nSPS) is 11.0. The lowest BCUT2D eigenvalue weighted by Gasteiger charge is -2.17. The first-order valence-electron chi connectivity index (χ1n) is 5.91. The maximum Gasteiger partial charge on any atom is 0.124 e. The van der Waals surface area contributed by atoms with Gasteiger partial charge in [-0.25, -0.2) is 4.39 Å². The molecule has 0 unspecified atom stereocenters. The fourth-order valence-electron chi connectivity index (χ4n) is 1.97. The van der Waals surface area contributed by atoms with Gasteiger partial charge >= 0.3 is 0 Å². The maximum absolute atomic E-state index is 13.3. The van der Waals surface area contributed by atoms with Crippen molar-refractivity contribution in [3.05, 3.63) is 68.4 Å². The fourth-order valence-corrected chi connectivity index (χ4v) is 2.75. The van der Waals surface area contributed by atoms with E-state index in [0.29, 0.717) is 6.54 Å². The molecule has 0 spiro atoms. The number of rotatable bonds is 4. The molecule has 0 fully saturated rings. The number of benzene rings is 2. The van der Waals surface area contributed by atoms with Gasteiger partial charge in [0.25, 0.3) is 0 Å². The van der Waals surface area contributed by atoms with Gasteiger partial charge < -0.3 is 0 Å². The Bertz CT molecular complexity index is 534. The first-order chi connectivity index (χ1) is 9.02. The quantitative estimate of drug-likeness (QED) is 0.715. The van der Waals surface area contributed by atoms with Gasteiger partial charge in [-0.3, -0.25) is 4.90 Å². The summed E-state index contributed by atoms with van der Waals surface area (Å²) in [5, 5.41) is 0. The molecule has 0 heterocycles. The average molecular weight is 387 g/mol. The highest BCUT2D eigenvalue weighted by Crippen LogP contribution is 2.17. The predicted octanol–water partition coefficient (Wildman–Crippen LogP) is 4.98. The lowest BCUT2D eigenvalue weighted by atomic mass is 10.2. The van der Waals surface area contributed by atoms with Gasteiger partial charge in [-0.05, 0) is 48.5 Å². The van der Waals surface area contributed by atoms with E-state index in [0.717, 1.165) is 21.1 Å². The Balaban J connectivity index is 2.00. The van der Waals surface area contributed by atoms with Crippen molar-refractivity contribution in [1.82, 2.24) is 4.90 Å². The van der Waals surface area contributed by atoms with Gasteiger partial charge in [-0.15, -0.1) is 0 Å². The number of halogens is 3. The minimum Gasteiger partial charge on any atom is -0.298 e. The molecule has 1 nitrogen and oxygen atoms in total. The zero-order chi connectivity index (χ0) is 13.8. The molecule has 0 amide bonds. The van der Waals surface area contributed by atoms with Gasteiger partial charge in [0.2, 0.25) is 0 Å². The minimum atomic E-state index is -0.207. The second-order valence-corrected chi connectivity index (χ2v) is 6.41. The first-order valence-corrected chi connectivity index (χ1v) is 7.49. The van der Waals surface area contributed by atoms with Gasteiger partial charge in [0.15, 0.2) is 0 Å². The van der Waals surface area contributed by atoms with Crippen molar-refractivity contribution in [2.45, 2.75) is 13.1 Å². The van der Waals surface area contributed by atoms with Crippen LogP contribution in [0.2, 0.25) is 0 Å². The second-order valence-electron chi connectivity index (χ2n) is 4.58. The van der Waals surface area contributed by atoms with Crippen LogP contribution in [-0.2, 0) is 13.1 Å². The summed E-state index contributed by atoms with van der Waals surface area (Å²) >= 11 is 6.73. The van der Waals surface area contributed by atoms with Crippen LogP contribution in [0.3, 0.4) is 0 Å². The zero-order valence-electron chi connectivity index (χ0n) is 10.5. The molecule has 2 rings (SSSR count). The minimum absolute atomic E-state index is 0.207. The summed E-state index contributed by atoms with van der Waals surface area (Å²) in [6, 6.07) is 13.2. The Hall–Kier alpha value is -0.710. The molecule has 0 saturated carbocycles. The van der Waals surface area contributed by atoms with Crippen molar-refractivity contribution < 1.29 is 4.39 Å². The van der Waals surface area contributed by atoms with Gasteiger partial charge in [-0.1, -0.05) is 44.0 Å². The lowest BCUT2D eigenvalue weighted by molar-refractivity contribution is 0.318. The van der Waals surface area contributed by atoms with E-state index in [9.17, 15) is 4.39 Å². The molecule has 100 valence electrons. The molecular formula is C15H14Br2FN. The number of nitrogens with zero attached hydrogens (tertiary/aromatic N) is 1. The maximum atomic E-state index is 13.3. The van der Waals surface area contributed by atoms with E-state index in [1.54, 1.807) is 6.07 Å². The molecule has 2 aromatic rings. The first kappa shape index (κ1) is 14.7. The Labute approximate surface area is 129 Å². The molecule has 4 heteroatoms. The van der Waals surface area contributed by atoms with Crippen LogP contribution < -0.4 is 0 Å². The third kappa shape index (κ3) is 4.71. The van der Waals surface area contributed by atoms with Crippen LogP contribution in [0.5, 0.6) is 0 Å². The molecule has 0 aromatic heterocycles. The summed E-state index contributed by atoms with van der Waals surface area (Å²) in [6.45, 7) is 1.55. The van der Waals surface area contributed by atoms with Crippen molar-refractivity contribution in [1.29, 1.82) is 0 Å². The third-order valence-electron chi connectivity index (χ3n) is 2.74. The van der Waals surface area contributed by atoms with Crippen LogP contribution in [0.15, 0.2) is 51.4 Å². The molecular weight excluding hydrogens is 373 g/mol. The largest absolute Gasteiger partial charge is 0.298 e. The topological polar surface area (TPSA) is 3.24 Å². The predicted molar refractivity (Wildman–Crippen MR) is 83.4 cm³/mol. The summed E-state index contributed by atoms with van der Waals surface area (Å²) in [5.74, 6) is -0.207. The average Bonchev–Trinajstić information content (AvgIpc) is 2.30. The molecule has 0 bridgehead atoms. The van der Waals surface area contributed by atoms with E-state index in [2.05, 4.69) is 48.9 Å². The van der Waals surface area contributed by atoms with Gasteiger partial charge in [0.05, 0.1) is 0 Å². The van der Waals surface area contributed by atoms with Crippen molar-refractivity contribution in [3.8, 4) is 0 Å². The van der Waals surface area contributed by atoms with Crippen molar-refractivity contribution >= 4 is 31.9 Å². The molecule has 0 aliphatic heterocycles. The fraction of sp³-hybridized carbons (Fsp3) is 0.200. The van der Waals surface area contributed by atoms with Gasteiger partial charge in [-0.2, -0.15) is 0 Å². The molecule has 2 aromatic carbocycles. The van der Waals surface area contributed by atoms with E-state index in [-0.39, 0.29) is 5.82 Å². The number of hydrogen-bond acceptors (Lipinski definition) is 1. The SMILES string of the molecule is CN(Cc1ccc(Br)cc1)Cc1cc(F)cc(Br)c1. The van der Waals surface area contributed by atoms with Crippen LogP contribution in [0, 0.1) is 5.82 Å². The standard InChI is InChI=1S/C15H14Br2FN/c1-19(9-11-2-4-13(16)5-3-11)10-12-6-14(17)8-15(18)7-12/h2-8H,9-10H2,1H3. The van der Waals surface area contributed by atoms with Crippen molar-refractivity contribution in [2.24, 2.45) is 0 Å². The Morgan fingerprint density at radius 1 is 0.895 bits per heavy atom. The Morgan fingerprint density at radius 2 is 1.53 bits per heavy atom. The van der Waals surface area contributed by atoms with Crippen LogP contribution in [0.1, 0.15) is 11.1 Å². The second kappa shape index (κ2) is 6.64. The molecule has 0 radical (unpaired) electrons. The van der Waals surface area contributed by atoms with Crippen LogP contribution in [-0.4, -0.2) is 11.9 Å². The van der Waals surface area contributed by atoms with Crippen LogP contribution in [0.4, 0.5) is 4.39 Å². The zero-order valence-corrected chi connectivity index (χ0v) is 13.7. The summed E-state index contributed by atoms with van der Waals surface area (Å²) in [6.07, 6.45) is 0. The molecule has 0 N–H and O–H groups in total. The van der Waals surface area contributed by atoms with Crippen LogP contribution >= 0.6 is 31.9 Å². The van der Waals surface area contributed by atoms with Gasteiger partial charge in [0, 0.05) is 22.0 Å². The lowest BCUT2D eigenvalue weighted by Crippen LogP contribution is -2.17. The molecule has 0 aliphatic rings. The van der Waals surface area contributed by atoms with E-state index in [1.807, 2.05) is 25.2 Å². The monoisotopic (exact) mass is 385 g/mol. The van der Waals surface area contributed by atoms with Crippen molar-refractivity contribution in [2.75, 3.05) is 7.05 Å². The summed E-state index contributed by atoms with van der Waals surface area (Å²) in [4.78, 5) is 2.16. The highest BCUT2D eigenvalue weighted by Gasteiger charge is 2.04. The third-order valence-corrected chi connectivity index (χ3v) is 3.73. The van der Waals surface area contributed by atoms with Crippen molar-refractivity contribution in [3.63, 3.8) is 0 Å². The Kier molecular flexibility index (Phi) is 5.13. The van der Waals surface area contributed by atoms with Gasteiger partial charge in [0.1, 0.15) is 5.82 Å². The molecule has 0 aliphatic carbocycles. The summed E-state index contributed by atoms with van der Waals surface area (Å²) < 4.78 is 15.2. The highest BCUT2D eigenvalue weighted by molar-refractivity contribution is 9.10. The Morgan fingerprint density at radius 3 is 2.16 bits per heavy atom. The van der Waals surface area contributed by atoms with E-state index in [4.69, 9.17) is 0 Å².